The first kappa shape index (κ1) is 8.90. The Hall–Kier alpha value is -1.19. The summed E-state index contributed by atoms with van der Waals surface area (Å²) < 4.78 is 24.9. The van der Waals surface area contributed by atoms with E-state index in [4.69, 9.17) is 5.11 Å². The van der Waals surface area contributed by atoms with Crippen LogP contribution in [-0.2, 0) is 6.42 Å². The highest BCUT2D eigenvalue weighted by Gasteiger charge is 2.21. The average Bonchev–Trinajstić information content (AvgIpc) is 1.82. The lowest BCUT2D eigenvalue weighted by molar-refractivity contribution is 0.0225. The molecule has 0 unspecified atom stereocenters. The molecule has 12 heavy (non-hydrogen) atoms. The van der Waals surface area contributed by atoms with Crippen molar-refractivity contribution in [3.05, 3.63) is 24.0 Å². The minimum Gasteiger partial charge on any atom is -0.506 e. The van der Waals surface area contributed by atoms with Crippen LogP contribution in [0, 0.1) is 0 Å². The van der Waals surface area contributed by atoms with Gasteiger partial charge in [-0.25, -0.2) is 8.78 Å². The van der Waals surface area contributed by atoms with E-state index in [9.17, 15) is 8.78 Å². The van der Waals surface area contributed by atoms with Crippen LogP contribution in [0.3, 0.4) is 0 Å². The SMILES string of the molecule is CC(F)(F)Cc1cncc(O)c1. The number of aromatic nitrogens is 1. The van der Waals surface area contributed by atoms with E-state index in [2.05, 4.69) is 4.98 Å². The lowest BCUT2D eigenvalue weighted by atomic mass is 10.1. The summed E-state index contributed by atoms with van der Waals surface area (Å²) in [6.45, 7) is 0.830. The molecule has 4 heteroatoms. The van der Waals surface area contributed by atoms with E-state index in [1.807, 2.05) is 0 Å². The van der Waals surface area contributed by atoms with Crippen LogP contribution in [0.25, 0.3) is 0 Å². The summed E-state index contributed by atoms with van der Waals surface area (Å²) in [6, 6.07) is 1.28. The van der Waals surface area contributed by atoms with Gasteiger partial charge in [0.2, 0.25) is 5.92 Å². The zero-order valence-corrected chi connectivity index (χ0v) is 6.59. The Morgan fingerprint density at radius 2 is 2.17 bits per heavy atom. The molecule has 0 fully saturated rings. The lowest BCUT2D eigenvalue weighted by Gasteiger charge is -2.08. The van der Waals surface area contributed by atoms with Gasteiger partial charge in [-0.1, -0.05) is 0 Å². The number of hydrogen-bond donors (Lipinski definition) is 1. The molecule has 0 saturated carbocycles. The monoisotopic (exact) mass is 173 g/mol. The van der Waals surface area contributed by atoms with Gasteiger partial charge < -0.3 is 5.11 Å². The Bertz CT molecular complexity index is 270. The first-order chi connectivity index (χ1) is 5.47. The quantitative estimate of drug-likeness (QED) is 0.741. The predicted molar refractivity (Wildman–Crippen MR) is 40.2 cm³/mol. The van der Waals surface area contributed by atoms with Crippen molar-refractivity contribution in [2.24, 2.45) is 0 Å². The smallest absolute Gasteiger partial charge is 0.249 e. The van der Waals surface area contributed by atoms with E-state index < -0.39 is 12.3 Å². The standard InChI is InChI=1S/C8H9F2NO/c1-8(9,10)3-6-2-7(12)5-11-4-6/h2,4-5,12H,3H2,1H3. The fourth-order valence-electron chi connectivity index (χ4n) is 0.929. The fraction of sp³-hybridized carbons (Fsp3) is 0.375. The zero-order valence-electron chi connectivity index (χ0n) is 6.59. The maximum absolute atomic E-state index is 12.4. The third kappa shape index (κ3) is 2.82. The van der Waals surface area contributed by atoms with E-state index in [1.165, 1.54) is 18.5 Å². The van der Waals surface area contributed by atoms with Gasteiger partial charge in [0.25, 0.3) is 0 Å². The second kappa shape index (κ2) is 3.05. The van der Waals surface area contributed by atoms with E-state index in [1.54, 1.807) is 0 Å². The Labute approximate surface area is 68.9 Å². The summed E-state index contributed by atoms with van der Waals surface area (Å²) in [4.78, 5) is 3.59. The molecule has 0 aromatic carbocycles. The van der Waals surface area contributed by atoms with Crippen LogP contribution in [0.2, 0.25) is 0 Å². The van der Waals surface area contributed by atoms with Gasteiger partial charge in [0.05, 0.1) is 6.20 Å². The average molecular weight is 173 g/mol. The van der Waals surface area contributed by atoms with Gasteiger partial charge in [0.1, 0.15) is 5.75 Å². The van der Waals surface area contributed by atoms with Crippen LogP contribution in [0.4, 0.5) is 8.78 Å². The van der Waals surface area contributed by atoms with Crippen molar-refractivity contribution < 1.29 is 13.9 Å². The highest BCUT2D eigenvalue weighted by Crippen LogP contribution is 2.20. The molecule has 2 nitrogen and oxygen atoms in total. The molecule has 1 N–H and O–H groups in total. The molecule has 0 spiro atoms. The van der Waals surface area contributed by atoms with Crippen LogP contribution in [0.1, 0.15) is 12.5 Å². The number of aromatic hydroxyl groups is 1. The van der Waals surface area contributed by atoms with Crippen molar-refractivity contribution in [1.82, 2.24) is 4.98 Å². The maximum atomic E-state index is 12.4. The highest BCUT2D eigenvalue weighted by molar-refractivity contribution is 5.22. The number of pyridine rings is 1. The summed E-state index contributed by atoms with van der Waals surface area (Å²) >= 11 is 0. The molecule has 1 aromatic rings. The highest BCUT2D eigenvalue weighted by atomic mass is 19.3. The molecule has 1 rings (SSSR count). The number of alkyl halides is 2. The summed E-state index contributed by atoms with van der Waals surface area (Å²) in [6.07, 6.45) is 2.13. The minimum absolute atomic E-state index is 0.0863. The first-order valence-corrected chi connectivity index (χ1v) is 3.48. The van der Waals surface area contributed by atoms with Crippen molar-refractivity contribution >= 4 is 0 Å². The Morgan fingerprint density at radius 1 is 1.50 bits per heavy atom. The first-order valence-electron chi connectivity index (χ1n) is 3.48. The predicted octanol–water partition coefficient (Wildman–Crippen LogP) is 1.98. The van der Waals surface area contributed by atoms with Gasteiger partial charge >= 0.3 is 0 Å². The number of halogens is 2. The van der Waals surface area contributed by atoms with E-state index in [-0.39, 0.29) is 5.75 Å². The van der Waals surface area contributed by atoms with Gasteiger partial charge in [-0.2, -0.15) is 0 Å². The fourth-order valence-corrected chi connectivity index (χ4v) is 0.929. The van der Waals surface area contributed by atoms with E-state index in [0.29, 0.717) is 5.56 Å². The van der Waals surface area contributed by atoms with Gasteiger partial charge in [-0.15, -0.1) is 0 Å². The molecule has 1 heterocycles. The van der Waals surface area contributed by atoms with Crippen LogP contribution in [-0.4, -0.2) is 16.0 Å². The van der Waals surface area contributed by atoms with Crippen molar-refractivity contribution in [3.63, 3.8) is 0 Å². The van der Waals surface area contributed by atoms with Crippen LogP contribution >= 0.6 is 0 Å². The molecule has 0 amide bonds. The minimum atomic E-state index is -2.75. The van der Waals surface area contributed by atoms with Crippen molar-refractivity contribution in [1.29, 1.82) is 0 Å². The third-order valence-electron chi connectivity index (χ3n) is 1.29. The lowest BCUT2D eigenvalue weighted by Crippen LogP contribution is -2.13. The van der Waals surface area contributed by atoms with E-state index in [0.717, 1.165) is 6.92 Å². The van der Waals surface area contributed by atoms with Crippen LogP contribution < -0.4 is 0 Å². The Kier molecular flexibility index (Phi) is 2.26. The van der Waals surface area contributed by atoms with Gasteiger partial charge in [-0.05, 0) is 18.6 Å². The van der Waals surface area contributed by atoms with Crippen molar-refractivity contribution in [2.75, 3.05) is 0 Å². The molecule has 0 saturated heterocycles. The summed E-state index contributed by atoms with van der Waals surface area (Å²) in [5.74, 6) is -2.84. The van der Waals surface area contributed by atoms with Gasteiger partial charge in [0, 0.05) is 12.6 Å². The molecule has 66 valence electrons. The number of hydrogen-bond acceptors (Lipinski definition) is 2. The summed E-state index contributed by atoms with van der Waals surface area (Å²) in [5.41, 5.74) is 0.336. The van der Waals surface area contributed by atoms with Crippen LogP contribution in [0.15, 0.2) is 18.5 Å². The Balaban J connectivity index is 2.77. The van der Waals surface area contributed by atoms with Crippen LogP contribution in [0.5, 0.6) is 5.75 Å². The molecule has 0 aliphatic rings. The molecular weight excluding hydrogens is 164 g/mol. The molecule has 0 aliphatic carbocycles. The molecule has 0 aliphatic heterocycles. The summed E-state index contributed by atoms with van der Waals surface area (Å²) in [5, 5.41) is 8.90. The van der Waals surface area contributed by atoms with Crippen molar-refractivity contribution in [3.8, 4) is 5.75 Å². The number of nitrogens with zero attached hydrogens (tertiary/aromatic N) is 1. The molecule has 0 radical (unpaired) electrons. The second-order valence-electron chi connectivity index (χ2n) is 2.80. The summed E-state index contributed by atoms with van der Waals surface area (Å²) in [7, 11) is 0. The number of rotatable bonds is 2. The largest absolute Gasteiger partial charge is 0.506 e. The van der Waals surface area contributed by atoms with Gasteiger partial charge in [-0.3, -0.25) is 4.98 Å². The topological polar surface area (TPSA) is 33.1 Å². The second-order valence-corrected chi connectivity index (χ2v) is 2.80. The molecule has 0 atom stereocenters. The molecular formula is C8H9F2NO. The Morgan fingerprint density at radius 3 is 2.67 bits per heavy atom. The third-order valence-corrected chi connectivity index (χ3v) is 1.29. The maximum Gasteiger partial charge on any atom is 0.249 e. The van der Waals surface area contributed by atoms with Crippen molar-refractivity contribution in [2.45, 2.75) is 19.3 Å². The zero-order chi connectivity index (χ0) is 9.19. The molecule has 1 aromatic heterocycles. The van der Waals surface area contributed by atoms with Gasteiger partial charge in [0.15, 0.2) is 0 Å². The van der Waals surface area contributed by atoms with E-state index >= 15 is 0 Å². The normalized spacial score (nSPS) is 11.6. The molecule has 0 bridgehead atoms.